The normalized spacial score (nSPS) is 11.8. The van der Waals surface area contributed by atoms with Crippen molar-refractivity contribution in [2.75, 3.05) is 0 Å². The number of rotatable bonds is 1. The number of imidazole rings is 1. The van der Waals surface area contributed by atoms with Crippen LogP contribution in [0.4, 0.5) is 13.2 Å². The fourth-order valence-corrected chi connectivity index (χ4v) is 1.56. The Bertz CT molecular complexity index is 488. The summed E-state index contributed by atoms with van der Waals surface area (Å²) in [5, 5.41) is 0.430. The zero-order valence-corrected chi connectivity index (χ0v) is 8.83. The number of alkyl halides is 3. The summed E-state index contributed by atoms with van der Waals surface area (Å²) in [7, 11) is 0. The molecule has 0 bridgehead atoms. The molecule has 2 rings (SSSR count). The van der Waals surface area contributed by atoms with Crippen molar-refractivity contribution in [3.8, 4) is 5.69 Å². The molecule has 0 unspecified atom stereocenters. The Morgan fingerprint density at radius 3 is 2.19 bits per heavy atom. The Balaban J connectivity index is 2.37. The highest BCUT2D eigenvalue weighted by molar-refractivity contribution is 7.80. The van der Waals surface area contributed by atoms with Gasteiger partial charge >= 0.3 is 6.18 Å². The zero-order valence-electron chi connectivity index (χ0n) is 7.94. The number of benzene rings is 1. The van der Waals surface area contributed by atoms with E-state index >= 15 is 0 Å². The molecule has 16 heavy (non-hydrogen) atoms. The lowest BCUT2D eigenvalue weighted by molar-refractivity contribution is -0.137. The fourth-order valence-electron chi connectivity index (χ4n) is 1.31. The maximum Gasteiger partial charge on any atom is 0.416 e. The predicted molar refractivity (Wildman–Crippen MR) is 55.8 cm³/mol. The molecule has 1 aromatic carbocycles. The minimum absolute atomic E-state index is 0.430. The first kappa shape index (κ1) is 11.1. The standard InChI is InChI=1S/C10H7F3N2S/c11-10(12,13)7-1-3-8(4-2-7)15-6-5-14-9(15)16/h1-6H,(H,14,16). The third-order valence-electron chi connectivity index (χ3n) is 2.09. The lowest BCUT2D eigenvalue weighted by atomic mass is 10.2. The van der Waals surface area contributed by atoms with E-state index in [1.807, 2.05) is 0 Å². The zero-order chi connectivity index (χ0) is 11.8. The van der Waals surface area contributed by atoms with Crippen molar-refractivity contribution < 1.29 is 13.2 Å². The van der Waals surface area contributed by atoms with Crippen LogP contribution in [0.3, 0.4) is 0 Å². The van der Waals surface area contributed by atoms with Crippen LogP contribution in [0.15, 0.2) is 41.8 Å². The maximum atomic E-state index is 12.3. The van der Waals surface area contributed by atoms with Crippen LogP contribution in [0, 0.1) is 0 Å². The van der Waals surface area contributed by atoms with Crippen LogP contribution in [-0.2, 0) is 6.18 Å². The Kier molecular flexibility index (Phi) is 2.67. The molecule has 1 heterocycles. The monoisotopic (exact) mass is 244 g/mol. The number of thiol groups is 1. The lowest BCUT2D eigenvalue weighted by Crippen LogP contribution is -2.04. The van der Waals surface area contributed by atoms with Gasteiger partial charge in [0.25, 0.3) is 0 Å². The Hall–Kier alpha value is -1.43. The van der Waals surface area contributed by atoms with E-state index in [1.165, 1.54) is 18.3 Å². The molecule has 0 aliphatic rings. The van der Waals surface area contributed by atoms with Crippen molar-refractivity contribution in [3.05, 3.63) is 42.2 Å². The van der Waals surface area contributed by atoms with Crippen molar-refractivity contribution in [1.29, 1.82) is 0 Å². The van der Waals surface area contributed by atoms with E-state index in [-0.39, 0.29) is 0 Å². The number of hydrogen-bond donors (Lipinski definition) is 1. The van der Waals surface area contributed by atoms with Crippen LogP contribution in [0.1, 0.15) is 5.56 Å². The van der Waals surface area contributed by atoms with Crippen LogP contribution in [0.5, 0.6) is 0 Å². The molecule has 2 aromatic rings. The molecule has 1 aromatic heterocycles. The second-order valence-corrected chi connectivity index (χ2v) is 3.54. The van der Waals surface area contributed by atoms with Crippen LogP contribution in [0.25, 0.3) is 5.69 Å². The molecule has 0 saturated heterocycles. The highest BCUT2D eigenvalue weighted by Gasteiger charge is 2.29. The van der Waals surface area contributed by atoms with Gasteiger partial charge in [0.2, 0.25) is 0 Å². The molecule has 0 spiro atoms. The van der Waals surface area contributed by atoms with Gasteiger partial charge in [0, 0.05) is 18.1 Å². The van der Waals surface area contributed by atoms with E-state index in [0.717, 1.165) is 12.1 Å². The highest BCUT2D eigenvalue weighted by atomic mass is 32.1. The van der Waals surface area contributed by atoms with Crippen LogP contribution < -0.4 is 0 Å². The Morgan fingerprint density at radius 1 is 1.12 bits per heavy atom. The molecule has 0 aliphatic heterocycles. The van der Waals surface area contributed by atoms with Crippen molar-refractivity contribution >= 4 is 12.6 Å². The summed E-state index contributed by atoms with van der Waals surface area (Å²) in [5.74, 6) is 0. The van der Waals surface area contributed by atoms with Gasteiger partial charge in [-0.15, -0.1) is 12.6 Å². The van der Waals surface area contributed by atoms with Crippen LogP contribution >= 0.6 is 12.6 Å². The van der Waals surface area contributed by atoms with Crippen LogP contribution in [-0.4, -0.2) is 9.55 Å². The van der Waals surface area contributed by atoms with Gasteiger partial charge in [-0.1, -0.05) is 0 Å². The number of hydrogen-bond acceptors (Lipinski definition) is 2. The second-order valence-electron chi connectivity index (χ2n) is 3.14. The van der Waals surface area contributed by atoms with Crippen molar-refractivity contribution in [2.24, 2.45) is 0 Å². The van der Waals surface area contributed by atoms with E-state index in [9.17, 15) is 13.2 Å². The average molecular weight is 244 g/mol. The summed E-state index contributed by atoms with van der Waals surface area (Å²) in [5.41, 5.74) is -0.0763. The summed E-state index contributed by atoms with van der Waals surface area (Å²) < 4.78 is 38.5. The van der Waals surface area contributed by atoms with Gasteiger partial charge in [0.1, 0.15) is 0 Å². The van der Waals surface area contributed by atoms with E-state index in [0.29, 0.717) is 10.8 Å². The largest absolute Gasteiger partial charge is 0.416 e. The van der Waals surface area contributed by atoms with E-state index in [4.69, 9.17) is 0 Å². The molecule has 2 nitrogen and oxygen atoms in total. The molecule has 0 aliphatic carbocycles. The lowest BCUT2D eigenvalue weighted by Gasteiger charge is -2.08. The molecule has 0 radical (unpaired) electrons. The molecular formula is C10H7F3N2S. The topological polar surface area (TPSA) is 17.8 Å². The quantitative estimate of drug-likeness (QED) is 0.763. The maximum absolute atomic E-state index is 12.3. The highest BCUT2D eigenvalue weighted by Crippen LogP contribution is 2.29. The van der Waals surface area contributed by atoms with Gasteiger partial charge in [-0.05, 0) is 24.3 Å². The van der Waals surface area contributed by atoms with Gasteiger partial charge in [-0.3, -0.25) is 4.57 Å². The third kappa shape index (κ3) is 2.06. The Morgan fingerprint density at radius 2 is 1.75 bits per heavy atom. The first-order valence-corrected chi connectivity index (χ1v) is 4.83. The first-order valence-electron chi connectivity index (χ1n) is 4.38. The van der Waals surface area contributed by atoms with Gasteiger partial charge in [-0.25, -0.2) is 4.98 Å². The second kappa shape index (κ2) is 3.86. The van der Waals surface area contributed by atoms with Gasteiger partial charge in [-0.2, -0.15) is 13.2 Å². The SMILES string of the molecule is FC(F)(F)c1ccc(-n2ccnc2S)cc1. The van der Waals surface area contributed by atoms with Gasteiger partial charge in [0.15, 0.2) is 5.16 Å². The van der Waals surface area contributed by atoms with Crippen molar-refractivity contribution in [3.63, 3.8) is 0 Å². The molecule has 84 valence electrons. The molecule has 0 saturated carbocycles. The number of nitrogens with zero attached hydrogens (tertiary/aromatic N) is 2. The van der Waals surface area contributed by atoms with E-state index in [2.05, 4.69) is 17.6 Å². The predicted octanol–water partition coefficient (Wildman–Crippen LogP) is 3.18. The smallest absolute Gasteiger partial charge is 0.295 e. The first-order chi connectivity index (χ1) is 7.48. The summed E-state index contributed by atoms with van der Waals surface area (Å²) in [6.45, 7) is 0. The van der Waals surface area contributed by atoms with Gasteiger partial charge < -0.3 is 0 Å². The van der Waals surface area contributed by atoms with Crippen LogP contribution in [0.2, 0.25) is 0 Å². The molecule has 6 heteroatoms. The fraction of sp³-hybridized carbons (Fsp3) is 0.100. The van der Waals surface area contributed by atoms with E-state index < -0.39 is 11.7 Å². The minimum atomic E-state index is -4.31. The molecule has 0 amide bonds. The third-order valence-corrected chi connectivity index (χ3v) is 2.42. The van der Waals surface area contributed by atoms with E-state index in [1.54, 1.807) is 10.8 Å². The van der Waals surface area contributed by atoms with Crippen molar-refractivity contribution in [2.45, 2.75) is 11.3 Å². The summed E-state index contributed by atoms with van der Waals surface area (Å²) in [6, 6.07) is 4.82. The summed E-state index contributed by atoms with van der Waals surface area (Å²) >= 11 is 4.07. The minimum Gasteiger partial charge on any atom is -0.295 e. The molecular weight excluding hydrogens is 237 g/mol. The molecule has 0 N–H and O–H groups in total. The van der Waals surface area contributed by atoms with Gasteiger partial charge in [0.05, 0.1) is 5.56 Å². The molecule has 0 fully saturated rings. The number of aromatic nitrogens is 2. The summed E-state index contributed by atoms with van der Waals surface area (Å²) in [4.78, 5) is 3.87. The average Bonchev–Trinajstić information content (AvgIpc) is 2.63. The Labute approximate surface area is 95.1 Å². The van der Waals surface area contributed by atoms with Crippen molar-refractivity contribution in [1.82, 2.24) is 9.55 Å². The molecule has 0 atom stereocenters. The number of halogens is 3. The summed E-state index contributed by atoms with van der Waals surface area (Å²) in [6.07, 6.45) is -1.15.